The maximum atomic E-state index is 2.23. The van der Waals surface area contributed by atoms with Crippen molar-refractivity contribution in [3.8, 4) is 0 Å². The lowest BCUT2D eigenvalue weighted by atomic mass is 9.86. The average Bonchev–Trinajstić information content (AvgIpc) is 2.03. The lowest BCUT2D eigenvalue weighted by Crippen LogP contribution is -2.10. The SMILES string of the molecule is C[CH]c1ccc(C(C)(C)C)cc1. The van der Waals surface area contributed by atoms with Crippen molar-refractivity contribution >= 4 is 0 Å². The monoisotopic (exact) mass is 161 g/mol. The minimum Gasteiger partial charge on any atom is -0.0585 e. The molecule has 0 aliphatic carbocycles. The Kier molecular flexibility index (Phi) is 2.56. The molecule has 0 aliphatic rings. The van der Waals surface area contributed by atoms with Gasteiger partial charge in [-0.3, -0.25) is 0 Å². The fraction of sp³-hybridized carbons (Fsp3) is 0.417. The van der Waals surface area contributed by atoms with Crippen LogP contribution in [0.2, 0.25) is 0 Å². The minimum atomic E-state index is 0.270. The fourth-order valence-electron chi connectivity index (χ4n) is 1.18. The van der Waals surface area contributed by atoms with Gasteiger partial charge in [-0.05, 0) is 23.0 Å². The normalized spacial score (nSPS) is 11.7. The van der Waals surface area contributed by atoms with Crippen LogP contribution in [0.1, 0.15) is 38.8 Å². The maximum absolute atomic E-state index is 2.23. The highest BCUT2D eigenvalue weighted by molar-refractivity contribution is 5.30. The van der Waals surface area contributed by atoms with Crippen molar-refractivity contribution in [3.63, 3.8) is 0 Å². The van der Waals surface area contributed by atoms with Crippen LogP contribution in [-0.4, -0.2) is 0 Å². The van der Waals surface area contributed by atoms with Crippen molar-refractivity contribution in [3.05, 3.63) is 41.8 Å². The second kappa shape index (κ2) is 3.30. The molecule has 0 aromatic heterocycles. The number of benzene rings is 1. The van der Waals surface area contributed by atoms with E-state index >= 15 is 0 Å². The van der Waals surface area contributed by atoms with E-state index in [-0.39, 0.29) is 5.41 Å². The molecule has 0 saturated carbocycles. The molecule has 0 saturated heterocycles. The molecule has 12 heavy (non-hydrogen) atoms. The maximum Gasteiger partial charge on any atom is -0.0124 e. The molecule has 0 heteroatoms. The Morgan fingerprint density at radius 2 is 1.50 bits per heavy atom. The van der Waals surface area contributed by atoms with E-state index in [1.807, 2.05) is 0 Å². The molecular weight excluding hydrogens is 144 g/mol. The van der Waals surface area contributed by atoms with Crippen molar-refractivity contribution < 1.29 is 0 Å². The van der Waals surface area contributed by atoms with E-state index in [2.05, 4.69) is 58.4 Å². The van der Waals surface area contributed by atoms with E-state index in [4.69, 9.17) is 0 Å². The third kappa shape index (κ3) is 2.10. The van der Waals surface area contributed by atoms with Crippen LogP contribution in [0.15, 0.2) is 24.3 Å². The first-order valence-corrected chi connectivity index (χ1v) is 4.44. The van der Waals surface area contributed by atoms with Gasteiger partial charge in [0.05, 0.1) is 0 Å². The lowest BCUT2D eigenvalue weighted by molar-refractivity contribution is 0.590. The van der Waals surface area contributed by atoms with Gasteiger partial charge in [-0.1, -0.05) is 52.0 Å². The summed E-state index contributed by atoms with van der Waals surface area (Å²) in [6.07, 6.45) is 2.12. The minimum absolute atomic E-state index is 0.270. The van der Waals surface area contributed by atoms with Crippen LogP contribution in [0.25, 0.3) is 0 Å². The van der Waals surface area contributed by atoms with Gasteiger partial charge < -0.3 is 0 Å². The fourth-order valence-corrected chi connectivity index (χ4v) is 1.18. The second-order valence-electron chi connectivity index (χ2n) is 4.16. The Labute approximate surface area is 75.6 Å². The quantitative estimate of drug-likeness (QED) is 0.591. The zero-order valence-corrected chi connectivity index (χ0v) is 8.39. The van der Waals surface area contributed by atoms with Gasteiger partial charge in [0.15, 0.2) is 0 Å². The predicted molar refractivity (Wildman–Crippen MR) is 54.2 cm³/mol. The van der Waals surface area contributed by atoms with Crippen LogP contribution < -0.4 is 0 Å². The molecular formula is C12H17. The second-order valence-corrected chi connectivity index (χ2v) is 4.16. The molecule has 0 nitrogen and oxygen atoms in total. The zero-order valence-electron chi connectivity index (χ0n) is 8.39. The largest absolute Gasteiger partial charge is 0.0585 e. The summed E-state index contributed by atoms with van der Waals surface area (Å²) in [5, 5.41) is 0. The van der Waals surface area contributed by atoms with Crippen LogP contribution in [0.5, 0.6) is 0 Å². The molecule has 0 unspecified atom stereocenters. The van der Waals surface area contributed by atoms with Gasteiger partial charge in [-0.25, -0.2) is 0 Å². The summed E-state index contributed by atoms with van der Waals surface area (Å²) in [7, 11) is 0. The first-order chi connectivity index (χ1) is 5.54. The average molecular weight is 161 g/mol. The van der Waals surface area contributed by atoms with E-state index in [1.54, 1.807) is 0 Å². The molecule has 0 fully saturated rings. The molecule has 0 spiro atoms. The predicted octanol–water partition coefficient (Wildman–Crippen LogP) is 3.56. The van der Waals surface area contributed by atoms with Gasteiger partial charge in [0.25, 0.3) is 0 Å². The first kappa shape index (κ1) is 9.31. The smallest absolute Gasteiger partial charge is 0.0124 e. The highest BCUT2D eigenvalue weighted by atomic mass is 14.2. The summed E-state index contributed by atoms with van der Waals surface area (Å²) in [5.41, 5.74) is 2.96. The summed E-state index contributed by atoms with van der Waals surface area (Å²) in [6, 6.07) is 8.74. The summed E-state index contributed by atoms with van der Waals surface area (Å²) in [4.78, 5) is 0. The Bertz CT molecular complexity index is 236. The zero-order chi connectivity index (χ0) is 9.19. The van der Waals surface area contributed by atoms with E-state index in [9.17, 15) is 0 Å². The van der Waals surface area contributed by atoms with E-state index < -0.39 is 0 Å². The third-order valence-corrected chi connectivity index (χ3v) is 2.11. The lowest BCUT2D eigenvalue weighted by Gasteiger charge is -2.18. The van der Waals surface area contributed by atoms with Crippen LogP contribution in [-0.2, 0) is 5.41 Å². The van der Waals surface area contributed by atoms with Crippen LogP contribution in [0, 0.1) is 6.42 Å². The topological polar surface area (TPSA) is 0 Å². The molecule has 0 amide bonds. The summed E-state index contributed by atoms with van der Waals surface area (Å²) >= 11 is 0. The summed E-state index contributed by atoms with van der Waals surface area (Å²) in [6.45, 7) is 8.76. The molecule has 1 rings (SSSR count). The molecule has 0 heterocycles. The Balaban J connectivity index is 2.93. The first-order valence-electron chi connectivity index (χ1n) is 4.44. The summed E-state index contributed by atoms with van der Waals surface area (Å²) in [5.74, 6) is 0. The molecule has 65 valence electrons. The van der Waals surface area contributed by atoms with Crippen LogP contribution >= 0.6 is 0 Å². The van der Waals surface area contributed by atoms with Gasteiger partial charge in [0.2, 0.25) is 0 Å². The van der Waals surface area contributed by atoms with Crippen molar-refractivity contribution in [1.29, 1.82) is 0 Å². The number of hydrogen-bond donors (Lipinski definition) is 0. The van der Waals surface area contributed by atoms with Gasteiger partial charge >= 0.3 is 0 Å². The Morgan fingerprint density at radius 1 is 1.00 bits per heavy atom. The molecule has 1 radical (unpaired) electrons. The highest BCUT2D eigenvalue weighted by Gasteiger charge is 2.12. The molecule has 0 atom stereocenters. The number of rotatable bonds is 1. The molecule has 0 N–H and O–H groups in total. The van der Waals surface area contributed by atoms with Crippen LogP contribution in [0.4, 0.5) is 0 Å². The van der Waals surface area contributed by atoms with Gasteiger partial charge in [0.1, 0.15) is 0 Å². The standard InChI is InChI=1S/C12H17/c1-5-10-6-8-11(9-7-10)12(2,3)4/h5-9H,1-4H3. The van der Waals surface area contributed by atoms with Gasteiger partial charge in [-0.2, -0.15) is 0 Å². The van der Waals surface area contributed by atoms with Crippen molar-refractivity contribution in [2.24, 2.45) is 0 Å². The van der Waals surface area contributed by atoms with E-state index in [0.29, 0.717) is 0 Å². The number of hydrogen-bond acceptors (Lipinski definition) is 0. The highest BCUT2D eigenvalue weighted by Crippen LogP contribution is 2.22. The molecule has 0 bridgehead atoms. The molecule has 1 aromatic carbocycles. The molecule has 0 aliphatic heterocycles. The van der Waals surface area contributed by atoms with E-state index in [1.165, 1.54) is 11.1 Å². The molecule has 1 aromatic rings. The van der Waals surface area contributed by atoms with Gasteiger partial charge in [-0.15, -0.1) is 0 Å². The Morgan fingerprint density at radius 3 is 1.83 bits per heavy atom. The Hall–Kier alpha value is -0.780. The van der Waals surface area contributed by atoms with Gasteiger partial charge in [0, 0.05) is 0 Å². The third-order valence-electron chi connectivity index (χ3n) is 2.11. The summed E-state index contributed by atoms with van der Waals surface area (Å²) < 4.78 is 0. The van der Waals surface area contributed by atoms with Crippen molar-refractivity contribution in [2.45, 2.75) is 33.1 Å². The van der Waals surface area contributed by atoms with Crippen molar-refractivity contribution in [1.82, 2.24) is 0 Å². The van der Waals surface area contributed by atoms with Crippen molar-refractivity contribution in [2.75, 3.05) is 0 Å². The van der Waals surface area contributed by atoms with Crippen LogP contribution in [0.3, 0.4) is 0 Å². The van der Waals surface area contributed by atoms with E-state index in [0.717, 1.165) is 0 Å².